The third kappa shape index (κ3) is 0.764. The highest BCUT2D eigenvalue weighted by Gasteiger charge is 2.51. The number of fused-ring (bicyclic) bond motifs is 2. The number of hydrogen-bond donors (Lipinski definition) is 0. The maximum Gasteiger partial charge on any atom is 0.251 e. The van der Waals surface area contributed by atoms with Crippen molar-refractivity contribution in [2.24, 2.45) is 0 Å². The molecular formula is C7H11F2N. The number of halogens is 2. The van der Waals surface area contributed by atoms with Crippen LogP contribution in [0.1, 0.15) is 19.3 Å². The number of hydrogen-bond acceptors (Lipinski definition) is 1. The molecule has 0 radical (unpaired) electrons. The lowest BCUT2D eigenvalue weighted by molar-refractivity contribution is -0.147. The Balaban J connectivity index is 2.06. The molecule has 0 amide bonds. The van der Waals surface area contributed by atoms with Gasteiger partial charge in [-0.15, -0.1) is 0 Å². The van der Waals surface area contributed by atoms with Gasteiger partial charge >= 0.3 is 0 Å². The molecule has 0 N–H and O–H groups in total. The van der Waals surface area contributed by atoms with Gasteiger partial charge in [-0.1, -0.05) is 0 Å². The second-order valence-corrected chi connectivity index (χ2v) is 3.47. The fraction of sp³-hybridized carbons (Fsp3) is 1.00. The van der Waals surface area contributed by atoms with E-state index in [0.717, 1.165) is 6.42 Å². The summed E-state index contributed by atoms with van der Waals surface area (Å²) in [6.45, 7) is 0. The van der Waals surface area contributed by atoms with Crippen LogP contribution in [0.3, 0.4) is 0 Å². The predicted octanol–water partition coefficient (Wildman–Crippen LogP) is 1.49. The van der Waals surface area contributed by atoms with E-state index in [2.05, 4.69) is 4.90 Å². The van der Waals surface area contributed by atoms with Gasteiger partial charge in [0, 0.05) is 24.9 Å². The van der Waals surface area contributed by atoms with Gasteiger partial charge < -0.3 is 0 Å². The van der Waals surface area contributed by atoms with E-state index in [0.29, 0.717) is 0 Å². The zero-order chi connectivity index (χ0) is 7.35. The Morgan fingerprint density at radius 2 is 1.80 bits per heavy atom. The standard InChI is InChI=1S/C7H11F2N/c1-10-5-2-6(10)4-7(8,9)3-5/h5-6H,2-4H2,1H3. The third-order valence-electron chi connectivity index (χ3n) is 2.76. The lowest BCUT2D eigenvalue weighted by atomic mass is 9.78. The minimum Gasteiger partial charge on any atom is -0.300 e. The van der Waals surface area contributed by atoms with E-state index in [1.165, 1.54) is 0 Å². The van der Waals surface area contributed by atoms with Crippen molar-refractivity contribution in [3.63, 3.8) is 0 Å². The molecule has 1 aliphatic carbocycles. The molecule has 3 fully saturated rings. The van der Waals surface area contributed by atoms with Gasteiger partial charge in [-0.2, -0.15) is 0 Å². The first-order chi connectivity index (χ1) is 4.58. The van der Waals surface area contributed by atoms with Gasteiger partial charge in [0.15, 0.2) is 0 Å². The van der Waals surface area contributed by atoms with Gasteiger partial charge in [0.1, 0.15) is 0 Å². The molecule has 0 aromatic carbocycles. The normalized spacial score (nSPS) is 44.7. The Morgan fingerprint density at radius 3 is 2.10 bits per heavy atom. The first-order valence-corrected chi connectivity index (χ1v) is 3.68. The van der Waals surface area contributed by atoms with Gasteiger partial charge in [-0.05, 0) is 13.5 Å². The summed E-state index contributed by atoms with van der Waals surface area (Å²) in [5, 5.41) is 0. The summed E-state index contributed by atoms with van der Waals surface area (Å²) < 4.78 is 25.3. The van der Waals surface area contributed by atoms with E-state index in [1.54, 1.807) is 0 Å². The van der Waals surface area contributed by atoms with Crippen LogP contribution in [0.5, 0.6) is 0 Å². The molecule has 0 spiro atoms. The van der Waals surface area contributed by atoms with Crippen LogP contribution in [0.4, 0.5) is 8.78 Å². The van der Waals surface area contributed by atoms with Gasteiger partial charge in [0.25, 0.3) is 5.92 Å². The SMILES string of the molecule is CN1C2CC1CC(F)(F)C2. The number of piperidine rings is 1. The van der Waals surface area contributed by atoms with E-state index in [-0.39, 0.29) is 24.9 Å². The molecule has 0 aromatic rings. The number of alkyl halides is 2. The van der Waals surface area contributed by atoms with Gasteiger partial charge in [-0.25, -0.2) is 8.78 Å². The van der Waals surface area contributed by atoms with Crippen LogP contribution in [-0.2, 0) is 0 Å². The molecule has 3 heteroatoms. The van der Waals surface area contributed by atoms with Gasteiger partial charge in [0.2, 0.25) is 0 Å². The fourth-order valence-corrected chi connectivity index (χ4v) is 2.03. The van der Waals surface area contributed by atoms with Crippen molar-refractivity contribution >= 4 is 0 Å². The van der Waals surface area contributed by atoms with Crippen molar-refractivity contribution in [3.05, 3.63) is 0 Å². The van der Waals surface area contributed by atoms with Crippen molar-refractivity contribution in [3.8, 4) is 0 Å². The highest BCUT2D eigenvalue weighted by Crippen LogP contribution is 2.44. The maximum atomic E-state index is 12.6. The van der Waals surface area contributed by atoms with Crippen molar-refractivity contribution in [1.82, 2.24) is 4.90 Å². The molecule has 2 bridgehead atoms. The van der Waals surface area contributed by atoms with E-state index in [4.69, 9.17) is 0 Å². The van der Waals surface area contributed by atoms with Crippen LogP contribution in [-0.4, -0.2) is 30.0 Å². The Morgan fingerprint density at radius 1 is 1.30 bits per heavy atom. The summed E-state index contributed by atoms with van der Waals surface area (Å²) >= 11 is 0. The topological polar surface area (TPSA) is 3.24 Å². The number of nitrogens with zero attached hydrogens (tertiary/aromatic N) is 1. The van der Waals surface area contributed by atoms with Crippen molar-refractivity contribution in [1.29, 1.82) is 0 Å². The third-order valence-corrected chi connectivity index (χ3v) is 2.76. The van der Waals surface area contributed by atoms with Gasteiger partial charge in [-0.3, -0.25) is 4.90 Å². The lowest BCUT2D eigenvalue weighted by Gasteiger charge is -2.53. The van der Waals surface area contributed by atoms with Crippen LogP contribution in [0, 0.1) is 0 Å². The summed E-state index contributed by atoms with van der Waals surface area (Å²) in [5.41, 5.74) is 0. The molecule has 2 heterocycles. The second kappa shape index (κ2) is 1.70. The van der Waals surface area contributed by atoms with E-state index in [1.807, 2.05) is 7.05 Å². The Hall–Kier alpha value is -0.180. The van der Waals surface area contributed by atoms with Crippen LogP contribution < -0.4 is 0 Å². The second-order valence-electron chi connectivity index (χ2n) is 3.47. The molecule has 2 saturated heterocycles. The minimum absolute atomic E-state index is 0.0833. The van der Waals surface area contributed by atoms with E-state index >= 15 is 0 Å². The highest BCUT2D eigenvalue weighted by molar-refractivity contribution is 5.01. The first-order valence-electron chi connectivity index (χ1n) is 3.68. The molecule has 3 rings (SSSR count). The average molecular weight is 147 g/mol. The Kier molecular flexibility index (Phi) is 1.11. The first kappa shape index (κ1) is 6.53. The highest BCUT2D eigenvalue weighted by atomic mass is 19.3. The molecule has 2 atom stereocenters. The molecule has 10 heavy (non-hydrogen) atoms. The lowest BCUT2D eigenvalue weighted by Crippen LogP contribution is -2.61. The fourth-order valence-electron chi connectivity index (χ4n) is 2.03. The molecule has 58 valence electrons. The summed E-state index contributed by atoms with van der Waals surface area (Å²) in [6, 6.07) is 0.350. The average Bonchev–Trinajstić information content (AvgIpc) is 1.85. The van der Waals surface area contributed by atoms with E-state index < -0.39 is 5.92 Å². The van der Waals surface area contributed by atoms with Crippen LogP contribution >= 0.6 is 0 Å². The molecule has 2 aliphatic heterocycles. The number of rotatable bonds is 0. The predicted molar refractivity (Wildman–Crippen MR) is 34.1 cm³/mol. The molecular weight excluding hydrogens is 136 g/mol. The summed E-state index contributed by atoms with van der Waals surface area (Å²) in [7, 11) is 1.94. The van der Waals surface area contributed by atoms with Crippen molar-refractivity contribution in [2.75, 3.05) is 7.05 Å². The van der Waals surface area contributed by atoms with Crippen molar-refractivity contribution < 1.29 is 8.78 Å². The quantitative estimate of drug-likeness (QED) is 0.501. The Labute approximate surface area is 59.0 Å². The smallest absolute Gasteiger partial charge is 0.251 e. The van der Waals surface area contributed by atoms with E-state index in [9.17, 15) is 8.78 Å². The largest absolute Gasteiger partial charge is 0.300 e. The Bertz CT molecular complexity index is 144. The zero-order valence-corrected chi connectivity index (χ0v) is 5.98. The molecule has 0 aromatic heterocycles. The molecule has 2 unspecified atom stereocenters. The van der Waals surface area contributed by atoms with Crippen LogP contribution in [0.15, 0.2) is 0 Å². The van der Waals surface area contributed by atoms with Crippen molar-refractivity contribution in [2.45, 2.75) is 37.3 Å². The van der Waals surface area contributed by atoms with Crippen LogP contribution in [0.2, 0.25) is 0 Å². The van der Waals surface area contributed by atoms with Crippen LogP contribution in [0.25, 0.3) is 0 Å². The zero-order valence-electron chi connectivity index (χ0n) is 5.98. The summed E-state index contributed by atoms with van der Waals surface area (Å²) in [5.74, 6) is -2.36. The monoisotopic (exact) mass is 147 g/mol. The molecule has 1 nitrogen and oxygen atoms in total. The minimum atomic E-state index is -2.36. The molecule has 1 saturated carbocycles. The summed E-state index contributed by atoms with van der Waals surface area (Å²) in [6.07, 6.45) is 1.16. The maximum absolute atomic E-state index is 12.6. The van der Waals surface area contributed by atoms with Gasteiger partial charge in [0.05, 0.1) is 0 Å². The summed E-state index contributed by atoms with van der Waals surface area (Å²) in [4.78, 5) is 2.07. The molecule has 3 aliphatic rings.